The molecule has 0 rings (SSSR count). The van der Waals surface area contributed by atoms with E-state index in [2.05, 4.69) is 0 Å². The first-order valence-corrected chi connectivity index (χ1v) is 4.91. The number of esters is 1. The summed E-state index contributed by atoms with van der Waals surface area (Å²) in [5, 5.41) is 0. The van der Waals surface area contributed by atoms with Gasteiger partial charge in [0.05, 0.1) is 6.42 Å². The van der Waals surface area contributed by atoms with Crippen molar-refractivity contribution in [2.24, 2.45) is 5.73 Å². The number of carbonyl (C=O) groups excluding carboxylic acids is 1. The Morgan fingerprint density at radius 3 is 2.23 bits per heavy atom. The fourth-order valence-corrected chi connectivity index (χ4v) is 0.974. The van der Waals surface area contributed by atoms with Crippen LogP contribution in [0, 0.1) is 0 Å². The molecule has 0 fully saturated rings. The zero-order valence-corrected chi connectivity index (χ0v) is 9.09. The molecular formula is C10H21NO2. The Bertz CT molecular complexity index is 162. The second kappa shape index (κ2) is 5.22. The predicted octanol–water partition coefficient (Wildman–Crippen LogP) is 1.85. The van der Waals surface area contributed by atoms with Crippen LogP contribution < -0.4 is 5.73 Å². The molecular weight excluding hydrogens is 166 g/mol. The van der Waals surface area contributed by atoms with Crippen molar-refractivity contribution in [3.05, 3.63) is 0 Å². The summed E-state index contributed by atoms with van der Waals surface area (Å²) in [4.78, 5) is 11.3. The van der Waals surface area contributed by atoms with Gasteiger partial charge in [0, 0.05) is 6.04 Å². The van der Waals surface area contributed by atoms with Crippen molar-refractivity contribution < 1.29 is 9.53 Å². The van der Waals surface area contributed by atoms with E-state index in [-0.39, 0.29) is 17.6 Å². The molecule has 0 aromatic rings. The van der Waals surface area contributed by atoms with E-state index in [1.54, 1.807) is 6.92 Å². The van der Waals surface area contributed by atoms with Crippen molar-refractivity contribution in [1.82, 2.24) is 0 Å². The molecule has 1 atom stereocenters. The van der Waals surface area contributed by atoms with Crippen LogP contribution >= 0.6 is 0 Å². The monoisotopic (exact) mass is 187 g/mol. The van der Waals surface area contributed by atoms with Crippen molar-refractivity contribution in [3.63, 3.8) is 0 Å². The van der Waals surface area contributed by atoms with Crippen molar-refractivity contribution >= 4 is 5.97 Å². The fourth-order valence-electron chi connectivity index (χ4n) is 0.974. The standard InChI is InChI=1S/C10H21NO2/c1-5-10(4,6-2)13-9(12)7-8(3)11/h8H,5-7,11H2,1-4H3/t8-/m0/s1. The summed E-state index contributed by atoms with van der Waals surface area (Å²) in [7, 11) is 0. The Balaban J connectivity index is 4.02. The zero-order chi connectivity index (χ0) is 10.5. The second-order valence-corrected chi connectivity index (χ2v) is 3.81. The maximum absolute atomic E-state index is 11.3. The average molecular weight is 187 g/mol. The van der Waals surface area contributed by atoms with Crippen LogP contribution in [0.2, 0.25) is 0 Å². The van der Waals surface area contributed by atoms with Crippen LogP contribution in [0.15, 0.2) is 0 Å². The predicted molar refractivity (Wildman–Crippen MR) is 53.3 cm³/mol. The summed E-state index contributed by atoms with van der Waals surface area (Å²) in [6, 6.07) is -0.120. The maximum Gasteiger partial charge on any atom is 0.307 e. The maximum atomic E-state index is 11.3. The third kappa shape index (κ3) is 4.88. The van der Waals surface area contributed by atoms with Gasteiger partial charge in [-0.05, 0) is 26.7 Å². The molecule has 3 heteroatoms. The number of ether oxygens (including phenoxy) is 1. The van der Waals surface area contributed by atoms with Crippen LogP contribution in [-0.2, 0) is 9.53 Å². The van der Waals surface area contributed by atoms with Gasteiger partial charge in [0.25, 0.3) is 0 Å². The van der Waals surface area contributed by atoms with E-state index in [1.165, 1.54) is 0 Å². The minimum absolute atomic E-state index is 0.120. The van der Waals surface area contributed by atoms with E-state index in [4.69, 9.17) is 10.5 Å². The highest BCUT2D eigenvalue weighted by Gasteiger charge is 2.24. The summed E-state index contributed by atoms with van der Waals surface area (Å²) in [6.07, 6.45) is 1.98. The normalized spacial score (nSPS) is 13.9. The van der Waals surface area contributed by atoms with Crippen LogP contribution in [0.4, 0.5) is 0 Å². The summed E-state index contributed by atoms with van der Waals surface area (Å²) in [6.45, 7) is 7.79. The van der Waals surface area contributed by atoms with Crippen LogP contribution in [0.3, 0.4) is 0 Å². The number of rotatable bonds is 5. The van der Waals surface area contributed by atoms with E-state index in [9.17, 15) is 4.79 Å². The Labute approximate surface area is 80.6 Å². The highest BCUT2D eigenvalue weighted by Crippen LogP contribution is 2.20. The van der Waals surface area contributed by atoms with Gasteiger partial charge in [-0.1, -0.05) is 13.8 Å². The van der Waals surface area contributed by atoms with E-state index < -0.39 is 0 Å². The van der Waals surface area contributed by atoms with Crippen LogP contribution in [0.5, 0.6) is 0 Å². The fraction of sp³-hybridized carbons (Fsp3) is 0.900. The molecule has 0 saturated heterocycles. The SMILES string of the molecule is CCC(C)(CC)OC(=O)C[C@H](C)N. The highest BCUT2D eigenvalue weighted by molar-refractivity contribution is 5.70. The third-order valence-corrected chi connectivity index (χ3v) is 2.34. The molecule has 0 bridgehead atoms. The molecule has 0 heterocycles. The van der Waals surface area contributed by atoms with Crippen LogP contribution in [-0.4, -0.2) is 17.6 Å². The van der Waals surface area contributed by atoms with E-state index >= 15 is 0 Å². The van der Waals surface area contributed by atoms with Gasteiger partial charge in [-0.15, -0.1) is 0 Å². The van der Waals surface area contributed by atoms with Gasteiger partial charge in [0.15, 0.2) is 0 Å². The quantitative estimate of drug-likeness (QED) is 0.668. The van der Waals surface area contributed by atoms with Gasteiger partial charge in [-0.25, -0.2) is 0 Å². The molecule has 78 valence electrons. The molecule has 0 spiro atoms. The molecule has 13 heavy (non-hydrogen) atoms. The van der Waals surface area contributed by atoms with Crippen molar-refractivity contribution in [1.29, 1.82) is 0 Å². The van der Waals surface area contributed by atoms with Gasteiger partial charge >= 0.3 is 5.97 Å². The van der Waals surface area contributed by atoms with Gasteiger partial charge in [0.2, 0.25) is 0 Å². The first kappa shape index (κ1) is 12.4. The number of hydrogen-bond acceptors (Lipinski definition) is 3. The lowest BCUT2D eigenvalue weighted by Crippen LogP contribution is -2.32. The topological polar surface area (TPSA) is 52.3 Å². The number of carbonyl (C=O) groups is 1. The second-order valence-electron chi connectivity index (χ2n) is 3.81. The molecule has 0 aromatic carbocycles. The molecule has 0 unspecified atom stereocenters. The minimum Gasteiger partial charge on any atom is -0.459 e. The van der Waals surface area contributed by atoms with Gasteiger partial charge in [0.1, 0.15) is 5.60 Å². The molecule has 0 aliphatic heterocycles. The van der Waals surface area contributed by atoms with E-state index in [0.717, 1.165) is 12.8 Å². The minimum atomic E-state index is -0.314. The summed E-state index contributed by atoms with van der Waals surface area (Å²) in [5.41, 5.74) is 5.18. The van der Waals surface area contributed by atoms with Gasteiger partial charge in [-0.3, -0.25) is 4.79 Å². The molecule has 3 nitrogen and oxygen atoms in total. The molecule has 0 radical (unpaired) electrons. The molecule has 0 aliphatic rings. The molecule has 2 N–H and O–H groups in total. The molecule has 0 aliphatic carbocycles. The molecule has 0 amide bonds. The van der Waals surface area contributed by atoms with Gasteiger partial charge < -0.3 is 10.5 Å². The van der Waals surface area contributed by atoms with Crippen LogP contribution in [0.25, 0.3) is 0 Å². The van der Waals surface area contributed by atoms with Gasteiger partial charge in [-0.2, -0.15) is 0 Å². The smallest absolute Gasteiger partial charge is 0.307 e. The number of hydrogen-bond donors (Lipinski definition) is 1. The Morgan fingerprint density at radius 2 is 1.92 bits per heavy atom. The largest absolute Gasteiger partial charge is 0.459 e. The Kier molecular flexibility index (Phi) is 4.99. The van der Waals surface area contributed by atoms with Crippen molar-refractivity contribution in [2.45, 2.75) is 58.6 Å². The lowest BCUT2D eigenvalue weighted by molar-refractivity contribution is -0.159. The van der Waals surface area contributed by atoms with Crippen LogP contribution in [0.1, 0.15) is 47.0 Å². The Hall–Kier alpha value is -0.570. The van der Waals surface area contributed by atoms with E-state index in [1.807, 2.05) is 20.8 Å². The summed E-state index contributed by atoms with van der Waals surface area (Å²) < 4.78 is 5.33. The number of nitrogens with two attached hydrogens (primary N) is 1. The molecule has 0 aromatic heterocycles. The lowest BCUT2D eigenvalue weighted by atomic mass is 10.00. The van der Waals surface area contributed by atoms with Crippen molar-refractivity contribution in [2.75, 3.05) is 0 Å². The van der Waals surface area contributed by atoms with Crippen molar-refractivity contribution in [3.8, 4) is 0 Å². The lowest BCUT2D eigenvalue weighted by Gasteiger charge is -2.27. The summed E-state index contributed by atoms with van der Waals surface area (Å²) >= 11 is 0. The molecule has 0 saturated carbocycles. The van der Waals surface area contributed by atoms with E-state index in [0.29, 0.717) is 6.42 Å². The first-order valence-electron chi connectivity index (χ1n) is 4.91. The first-order chi connectivity index (χ1) is 5.93. The highest BCUT2D eigenvalue weighted by atomic mass is 16.6. The summed E-state index contributed by atoms with van der Waals surface area (Å²) in [5.74, 6) is -0.193. The Morgan fingerprint density at radius 1 is 1.46 bits per heavy atom. The third-order valence-electron chi connectivity index (χ3n) is 2.34. The average Bonchev–Trinajstić information content (AvgIpc) is 2.02. The zero-order valence-electron chi connectivity index (χ0n) is 9.09.